The lowest BCUT2D eigenvalue weighted by Crippen LogP contribution is -2.43. The first-order valence-corrected chi connectivity index (χ1v) is 13.7. The molecule has 2 heterocycles. The number of hydrogen-bond acceptors (Lipinski definition) is 9. The maximum atomic E-state index is 11.9. The molecule has 0 spiro atoms. The van der Waals surface area contributed by atoms with Crippen molar-refractivity contribution >= 4 is 38.3 Å². The third-order valence-corrected chi connectivity index (χ3v) is 5.28. The van der Waals surface area contributed by atoms with E-state index >= 15 is 0 Å². The van der Waals surface area contributed by atoms with Crippen LogP contribution in [0.5, 0.6) is 0 Å². The molecule has 215 valence electrons. The Morgan fingerprint density at radius 1 is 0.865 bits per heavy atom. The van der Waals surface area contributed by atoms with Crippen LogP contribution in [0.3, 0.4) is 0 Å². The fraction of sp³-hybridized carbons (Fsp3) is 0.875. The molecule has 13 heteroatoms. The molecule has 0 aromatic heterocycles. The Hall–Kier alpha value is -1.70. The number of likely N-dealkylation sites (N-methyl/N-ethyl adjacent to an activating group) is 2. The zero-order chi connectivity index (χ0) is 28.3. The number of carboxylic acid groups (broad SMARTS) is 1. The van der Waals surface area contributed by atoms with E-state index in [0.717, 1.165) is 6.42 Å². The molecule has 2 aliphatic rings. The zero-order valence-electron chi connectivity index (χ0n) is 24.2. The fourth-order valence-electron chi connectivity index (χ4n) is 3.64. The standard InChI is InChI=1S/C11H20N2O4.C11H22N2O3.C2H6S.B/c1-11(2,3)17-10(16)13-6-7(12-4)5-8(13)9(14)15;1-11(2,3)16-10(15)13-6-8(12-4)5-9(13)7-14;1-3-2;/h7-8,12H,5-6H2,1-4H3,(H,14,15);8-9,12,14H,5-7H2,1-4H3;1-2H3;/t7-,8-;8-,9-;;/m00../s1. The second-order valence-electron chi connectivity index (χ2n) is 10.8. The number of nitrogens with one attached hydrogen (secondary N) is 2. The number of aliphatic hydroxyl groups is 1. The van der Waals surface area contributed by atoms with Gasteiger partial charge in [0, 0.05) is 33.6 Å². The highest BCUT2D eigenvalue weighted by molar-refractivity contribution is 7.97. The van der Waals surface area contributed by atoms with Gasteiger partial charge in [-0.2, -0.15) is 11.8 Å². The smallest absolute Gasteiger partial charge is 0.411 e. The highest BCUT2D eigenvalue weighted by Gasteiger charge is 2.41. The summed E-state index contributed by atoms with van der Waals surface area (Å²) in [6.45, 7) is 11.7. The number of carbonyl (C=O) groups is 3. The number of likely N-dealkylation sites (tertiary alicyclic amines) is 2. The monoisotopic (exact) mass is 547 g/mol. The van der Waals surface area contributed by atoms with Crippen molar-refractivity contribution in [3.8, 4) is 0 Å². The van der Waals surface area contributed by atoms with Crippen LogP contribution in [0.2, 0.25) is 0 Å². The van der Waals surface area contributed by atoms with Gasteiger partial charge in [0.15, 0.2) is 0 Å². The normalized spacial score (nSPS) is 23.1. The molecule has 2 rings (SSSR count). The molecular weight excluding hydrogens is 499 g/mol. The third kappa shape index (κ3) is 14.1. The van der Waals surface area contributed by atoms with E-state index in [1.165, 1.54) is 4.90 Å². The molecule has 4 N–H and O–H groups in total. The second-order valence-corrected chi connectivity index (χ2v) is 11.6. The number of aliphatic carboxylic acids is 1. The quantitative estimate of drug-likeness (QED) is 0.386. The van der Waals surface area contributed by atoms with Gasteiger partial charge in [0.25, 0.3) is 0 Å². The summed E-state index contributed by atoms with van der Waals surface area (Å²) in [6, 6.07) is -0.692. The average molecular weight is 548 g/mol. The summed E-state index contributed by atoms with van der Waals surface area (Å²) in [6.07, 6.45) is 4.35. The van der Waals surface area contributed by atoms with Crippen LogP contribution in [0.4, 0.5) is 9.59 Å². The van der Waals surface area contributed by atoms with Crippen molar-refractivity contribution in [3.63, 3.8) is 0 Å². The first-order valence-electron chi connectivity index (χ1n) is 12.1. The molecule has 0 bridgehead atoms. The average Bonchev–Trinajstić information content (AvgIpc) is 3.37. The summed E-state index contributed by atoms with van der Waals surface area (Å²) < 4.78 is 10.5. The minimum atomic E-state index is -0.992. The highest BCUT2D eigenvalue weighted by Crippen LogP contribution is 2.22. The SMILES string of the molecule is CN[C@H]1C[C@@H](C(=O)O)N(C(=O)OC(C)(C)C)C1.CN[C@H]1C[C@@H](CO)N(C(=O)OC(C)(C)C)C1.CSC.[B]. The lowest BCUT2D eigenvalue weighted by molar-refractivity contribution is -0.142. The van der Waals surface area contributed by atoms with Gasteiger partial charge in [0.05, 0.1) is 12.6 Å². The minimum absolute atomic E-state index is 0. The van der Waals surface area contributed by atoms with Crippen LogP contribution in [0.15, 0.2) is 0 Å². The molecule has 3 radical (unpaired) electrons. The number of amides is 2. The molecular formula is C24H48BN4O7S. The number of thioether (sulfide) groups is 1. The van der Waals surface area contributed by atoms with Crippen LogP contribution >= 0.6 is 11.8 Å². The summed E-state index contributed by atoms with van der Waals surface area (Å²) in [4.78, 5) is 37.6. The van der Waals surface area contributed by atoms with Gasteiger partial charge < -0.3 is 35.2 Å². The molecule has 2 saturated heterocycles. The predicted octanol–water partition coefficient (Wildman–Crippen LogP) is 1.84. The van der Waals surface area contributed by atoms with Crippen molar-refractivity contribution in [2.45, 2.75) is 89.8 Å². The highest BCUT2D eigenvalue weighted by atomic mass is 32.2. The van der Waals surface area contributed by atoms with Crippen molar-refractivity contribution < 1.29 is 34.1 Å². The molecule has 37 heavy (non-hydrogen) atoms. The van der Waals surface area contributed by atoms with E-state index in [4.69, 9.17) is 14.6 Å². The second kappa shape index (κ2) is 17.0. The van der Waals surface area contributed by atoms with Gasteiger partial charge in [-0.3, -0.25) is 4.90 Å². The molecule has 0 aromatic carbocycles. The molecule has 11 nitrogen and oxygen atoms in total. The van der Waals surface area contributed by atoms with Crippen LogP contribution < -0.4 is 10.6 Å². The van der Waals surface area contributed by atoms with Gasteiger partial charge in [0.2, 0.25) is 0 Å². The van der Waals surface area contributed by atoms with Crippen LogP contribution in [0, 0.1) is 0 Å². The van der Waals surface area contributed by atoms with E-state index < -0.39 is 29.3 Å². The number of carboxylic acids is 1. The van der Waals surface area contributed by atoms with Gasteiger partial charge in [0.1, 0.15) is 17.2 Å². The summed E-state index contributed by atoms with van der Waals surface area (Å²) >= 11 is 1.75. The number of rotatable bonds is 4. The number of hydrogen-bond donors (Lipinski definition) is 4. The Labute approximate surface area is 228 Å². The first kappa shape index (κ1) is 37.5. The zero-order valence-corrected chi connectivity index (χ0v) is 25.0. The summed E-state index contributed by atoms with van der Waals surface area (Å²) in [5, 5.41) is 24.4. The fourth-order valence-corrected chi connectivity index (χ4v) is 3.64. The van der Waals surface area contributed by atoms with Gasteiger partial charge >= 0.3 is 18.2 Å². The topological polar surface area (TPSA) is 141 Å². The molecule has 2 aliphatic heterocycles. The van der Waals surface area contributed by atoms with Gasteiger partial charge in [-0.05, 0) is 81.0 Å². The van der Waals surface area contributed by atoms with Crippen LogP contribution in [-0.2, 0) is 14.3 Å². The largest absolute Gasteiger partial charge is 0.480 e. The van der Waals surface area contributed by atoms with Gasteiger partial charge in [-0.1, -0.05) is 0 Å². The summed E-state index contributed by atoms with van der Waals surface area (Å²) in [5.41, 5.74) is -1.10. The Kier molecular flexibility index (Phi) is 17.2. The van der Waals surface area contributed by atoms with E-state index in [-0.39, 0.29) is 39.2 Å². The van der Waals surface area contributed by atoms with Crippen molar-refractivity contribution in [1.29, 1.82) is 0 Å². The number of ether oxygens (including phenoxy) is 2. The van der Waals surface area contributed by atoms with Crippen LogP contribution in [0.1, 0.15) is 54.4 Å². The molecule has 2 fully saturated rings. The lowest BCUT2D eigenvalue weighted by Gasteiger charge is -2.27. The van der Waals surface area contributed by atoms with Crippen molar-refractivity contribution in [1.82, 2.24) is 20.4 Å². The molecule has 4 atom stereocenters. The Morgan fingerprint density at radius 3 is 1.59 bits per heavy atom. The molecule has 0 aliphatic carbocycles. The van der Waals surface area contributed by atoms with Crippen LogP contribution in [-0.4, -0.2) is 128 Å². The first-order chi connectivity index (χ1) is 16.5. The molecule has 2 amide bonds. The van der Waals surface area contributed by atoms with E-state index in [0.29, 0.717) is 19.5 Å². The molecule has 0 aromatic rings. The predicted molar refractivity (Wildman–Crippen MR) is 148 cm³/mol. The number of nitrogens with zero attached hydrogens (tertiary/aromatic N) is 2. The molecule has 0 unspecified atom stereocenters. The Bertz CT molecular complexity index is 704. The van der Waals surface area contributed by atoms with Gasteiger partial charge in [-0.15, -0.1) is 0 Å². The van der Waals surface area contributed by atoms with Crippen LogP contribution in [0.25, 0.3) is 0 Å². The third-order valence-electron chi connectivity index (χ3n) is 5.28. The van der Waals surface area contributed by atoms with E-state index in [1.54, 1.807) is 44.5 Å². The van der Waals surface area contributed by atoms with E-state index in [1.807, 2.05) is 40.3 Å². The minimum Gasteiger partial charge on any atom is -0.480 e. The molecule has 0 saturated carbocycles. The number of carbonyl (C=O) groups excluding carboxylic acids is 2. The number of aliphatic hydroxyl groups excluding tert-OH is 1. The van der Waals surface area contributed by atoms with Crippen molar-refractivity contribution in [2.75, 3.05) is 46.3 Å². The Balaban J connectivity index is 0. The summed E-state index contributed by atoms with van der Waals surface area (Å²) in [7, 11) is 3.61. The Morgan fingerprint density at radius 2 is 1.24 bits per heavy atom. The van der Waals surface area contributed by atoms with Gasteiger partial charge in [-0.25, -0.2) is 14.4 Å². The van der Waals surface area contributed by atoms with E-state index in [2.05, 4.69) is 10.6 Å². The van der Waals surface area contributed by atoms with E-state index in [9.17, 15) is 19.5 Å². The van der Waals surface area contributed by atoms with Crippen molar-refractivity contribution in [2.24, 2.45) is 0 Å². The maximum Gasteiger partial charge on any atom is 0.411 e. The summed E-state index contributed by atoms with van der Waals surface area (Å²) in [5.74, 6) is -0.992. The van der Waals surface area contributed by atoms with Crippen molar-refractivity contribution in [3.05, 3.63) is 0 Å². The lowest BCUT2D eigenvalue weighted by atomic mass is 10.2. The maximum absolute atomic E-state index is 11.9.